The van der Waals surface area contributed by atoms with Crippen molar-refractivity contribution in [1.82, 2.24) is 10.6 Å². The molecule has 0 radical (unpaired) electrons. The molecule has 7 heteroatoms. The van der Waals surface area contributed by atoms with Gasteiger partial charge in [0.25, 0.3) is 0 Å². The Morgan fingerprint density at radius 3 is 2.46 bits per heavy atom. The topological polar surface area (TPSA) is 82.3 Å². The first-order valence-electron chi connectivity index (χ1n) is 9.32. The minimum atomic E-state index is -0.296. The van der Waals surface area contributed by atoms with Crippen LogP contribution in [-0.4, -0.2) is 25.0 Å². The second-order valence-electron chi connectivity index (χ2n) is 6.91. The van der Waals surface area contributed by atoms with Gasteiger partial charge in [0.05, 0.1) is 5.92 Å². The van der Waals surface area contributed by atoms with E-state index in [0.29, 0.717) is 12.2 Å². The highest BCUT2D eigenvalue weighted by atomic mass is 35.5. The van der Waals surface area contributed by atoms with Crippen LogP contribution in [0.15, 0.2) is 48.5 Å². The molecule has 3 rings (SSSR count). The average Bonchev–Trinajstić information content (AvgIpc) is 2.67. The van der Waals surface area contributed by atoms with Crippen molar-refractivity contribution in [3.63, 3.8) is 0 Å². The second-order valence-corrected chi connectivity index (χ2v) is 6.91. The maximum Gasteiger partial charge on any atom is 0.323 e. The summed E-state index contributed by atoms with van der Waals surface area (Å²) in [5, 5.41) is 11.9. The van der Waals surface area contributed by atoms with E-state index in [2.05, 4.69) is 21.3 Å². The molecule has 1 fully saturated rings. The SMILES string of the molecule is Cc1cccc(NC(=O)Nc2cccc(CNC(=O)C3CCCNC3)c2)c1.Cl. The van der Waals surface area contributed by atoms with Crippen LogP contribution < -0.4 is 21.3 Å². The molecule has 1 heterocycles. The molecular weight excluding hydrogens is 376 g/mol. The van der Waals surface area contributed by atoms with Gasteiger partial charge in [-0.2, -0.15) is 0 Å². The predicted octanol–water partition coefficient (Wildman–Crippen LogP) is 3.68. The number of rotatable bonds is 5. The first-order chi connectivity index (χ1) is 13.1. The Morgan fingerprint density at radius 1 is 1.07 bits per heavy atom. The van der Waals surface area contributed by atoms with Crippen LogP contribution in [0.25, 0.3) is 0 Å². The fraction of sp³-hybridized carbons (Fsp3) is 0.333. The van der Waals surface area contributed by atoms with Gasteiger partial charge >= 0.3 is 6.03 Å². The quantitative estimate of drug-likeness (QED) is 0.615. The number of amides is 3. The zero-order valence-corrected chi connectivity index (χ0v) is 16.8. The number of anilines is 2. The standard InChI is InChI=1S/C21H26N4O2.ClH/c1-15-5-2-8-18(11-15)24-21(27)25-19-9-3-6-16(12-19)13-23-20(26)17-7-4-10-22-14-17;/h2-3,5-6,8-9,11-12,17,22H,4,7,10,13-14H2,1H3,(H,23,26)(H2,24,25,27);1H. The van der Waals surface area contributed by atoms with Gasteiger partial charge in [0.1, 0.15) is 0 Å². The van der Waals surface area contributed by atoms with Crippen LogP contribution in [0.2, 0.25) is 0 Å². The van der Waals surface area contributed by atoms with E-state index in [1.807, 2.05) is 55.5 Å². The minimum Gasteiger partial charge on any atom is -0.352 e. The molecular formula is C21H27ClN4O2. The molecule has 1 atom stereocenters. The van der Waals surface area contributed by atoms with Gasteiger partial charge in [-0.25, -0.2) is 4.79 Å². The molecule has 2 aromatic carbocycles. The van der Waals surface area contributed by atoms with Gasteiger partial charge in [0.2, 0.25) is 5.91 Å². The number of hydrogen-bond donors (Lipinski definition) is 4. The van der Waals surface area contributed by atoms with E-state index in [1.165, 1.54) is 0 Å². The van der Waals surface area contributed by atoms with Crippen molar-refractivity contribution < 1.29 is 9.59 Å². The highest BCUT2D eigenvalue weighted by Crippen LogP contribution is 2.14. The van der Waals surface area contributed by atoms with E-state index in [-0.39, 0.29) is 30.3 Å². The van der Waals surface area contributed by atoms with E-state index < -0.39 is 0 Å². The number of hydrogen-bond acceptors (Lipinski definition) is 3. The van der Waals surface area contributed by atoms with Crippen molar-refractivity contribution in [3.05, 3.63) is 59.7 Å². The summed E-state index contributed by atoms with van der Waals surface area (Å²) in [4.78, 5) is 24.4. The molecule has 2 aromatic rings. The molecule has 150 valence electrons. The van der Waals surface area contributed by atoms with Crippen LogP contribution in [-0.2, 0) is 11.3 Å². The van der Waals surface area contributed by atoms with Crippen molar-refractivity contribution in [2.75, 3.05) is 23.7 Å². The molecule has 0 saturated carbocycles. The molecule has 0 spiro atoms. The highest BCUT2D eigenvalue weighted by molar-refractivity contribution is 5.99. The van der Waals surface area contributed by atoms with Gasteiger partial charge in [0.15, 0.2) is 0 Å². The molecule has 28 heavy (non-hydrogen) atoms. The fourth-order valence-electron chi connectivity index (χ4n) is 3.18. The van der Waals surface area contributed by atoms with Gasteiger partial charge in [-0.3, -0.25) is 4.79 Å². The zero-order chi connectivity index (χ0) is 19.1. The van der Waals surface area contributed by atoms with Crippen molar-refractivity contribution >= 4 is 35.7 Å². The van der Waals surface area contributed by atoms with Crippen LogP contribution >= 0.6 is 12.4 Å². The number of nitrogens with one attached hydrogen (secondary N) is 4. The first kappa shape index (κ1) is 21.7. The Balaban J connectivity index is 0.00000280. The highest BCUT2D eigenvalue weighted by Gasteiger charge is 2.20. The second kappa shape index (κ2) is 10.7. The maximum absolute atomic E-state index is 12.2. The number of halogens is 1. The number of carbonyl (C=O) groups excluding carboxylic acids is 2. The van der Waals surface area contributed by atoms with E-state index in [9.17, 15) is 9.59 Å². The summed E-state index contributed by atoms with van der Waals surface area (Å²) in [6.07, 6.45) is 1.97. The van der Waals surface area contributed by atoms with Crippen molar-refractivity contribution in [1.29, 1.82) is 0 Å². The third-order valence-corrected chi connectivity index (χ3v) is 4.60. The fourth-order valence-corrected chi connectivity index (χ4v) is 3.18. The van der Waals surface area contributed by atoms with E-state index in [0.717, 1.165) is 42.7 Å². The minimum absolute atomic E-state index is 0. The Labute approximate surface area is 171 Å². The maximum atomic E-state index is 12.2. The van der Waals surface area contributed by atoms with Crippen LogP contribution in [0.1, 0.15) is 24.0 Å². The third kappa shape index (κ3) is 6.55. The summed E-state index contributed by atoms with van der Waals surface area (Å²) in [5.41, 5.74) is 3.46. The number of aryl methyl sites for hydroxylation is 1. The van der Waals surface area contributed by atoms with Crippen molar-refractivity contribution in [2.45, 2.75) is 26.3 Å². The summed E-state index contributed by atoms with van der Waals surface area (Å²) in [5.74, 6) is 0.123. The third-order valence-electron chi connectivity index (χ3n) is 4.60. The van der Waals surface area contributed by atoms with Crippen molar-refractivity contribution in [2.24, 2.45) is 5.92 Å². The monoisotopic (exact) mass is 402 g/mol. The molecule has 1 unspecified atom stereocenters. The number of benzene rings is 2. The molecule has 1 saturated heterocycles. The van der Waals surface area contributed by atoms with Gasteiger partial charge in [-0.15, -0.1) is 12.4 Å². The lowest BCUT2D eigenvalue weighted by Gasteiger charge is -2.21. The van der Waals surface area contributed by atoms with E-state index in [4.69, 9.17) is 0 Å². The van der Waals surface area contributed by atoms with Gasteiger partial charge in [-0.05, 0) is 61.7 Å². The normalized spacial score (nSPS) is 15.8. The Kier molecular flexibility index (Phi) is 8.29. The summed E-state index contributed by atoms with van der Waals surface area (Å²) < 4.78 is 0. The molecule has 0 aromatic heterocycles. The predicted molar refractivity (Wildman–Crippen MR) is 115 cm³/mol. The van der Waals surface area contributed by atoms with Gasteiger partial charge < -0.3 is 21.3 Å². The van der Waals surface area contributed by atoms with Crippen LogP contribution in [0.5, 0.6) is 0 Å². The molecule has 0 aliphatic carbocycles. The smallest absolute Gasteiger partial charge is 0.323 e. The summed E-state index contributed by atoms with van der Waals surface area (Å²) >= 11 is 0. The Morgan fingerprint density at radius 2 is 1.79 bits per heavy atom. The Hall–Kier alpha value is -2.57. The van der Waals surface area contributed by atoms with E-state index >= 15 is 0 Å². The van der Waals surface area contributed by atoms with Crippen LogP contribution in [0, 0.1) is 12.8 Å². The lowest BCUT2D eigenvalue weighted by molar-refractivity contribution is -0.125. The molecule has 0 bridgehead atoms. The Bertz CT molecular complexity index is 806. The molecule has 3 amide bonds. The van der Waals surface area contributed by atoms with Crippen molar-refractivity contribution in [3.8, 4) is 0 Å². The molecule has 1 aliphatic rings. The van der Waals surface area contributed by atoms with Crippen LogP contribution in [0.3, 0.4) is 0 Å². The lowest BCUT2D eigenvalue weighted by atomic mass is 9.99. The molecule has 4 N–H and O–H groups in total. The van der Waals surface area contributed by atoms with Gasteiger partial charge in [-0.1, -0.05) is 24.3 Å². The average molecular weight is 403 g/mol. The number of carbonyl (C=O) groups is 2. The summed E-state index contributed by atoms with van der Waals surface area (Å²) in [7, 11) is 0. The lowest BCUT2D eigenvalue weighted by Crippen LogP contribution is -2.40. The number of piperidine rings is 1. The first-order valence-corrected chi connectivity index (χ1v) is 9.32. The van der Waals surface area contributed by atoms with Gasteiger partial charge in [0, 0.05) is 24.5 Å². The van der Waals surface area contributed by atoms with E-state index in [1.54, 1.807) is 0 Å². The molecule has 6 nitrogen and oxygen atoms in total. The largest absolute Gasteiger partial charge is 0.352 e. The summed E-state index contributed by atoms with van der Waals surface area (Å²) in [6, 6.07) is 14.8. The zero-order valence-electron chi connectivity index (χ0n) is 16.0. The van der Waals surface area contributed by atoms with Crippen LogP contribution in [0.4, 0.5) is 16.2 Å². The molecule has 1 aliphatic heterocycles. The summed E-state index contributed by atoms with van der Waals surface area (Å²) in [6.45, 7) is 4.16. The number of urea groups is 1.